The molecule has 1 N–H and O–H groups in total. The lowest BCUT2D eigenvalue weighted by atomic mass is 10.1. The van der Waals surface area contributed by atoms with Crippen LogP contribution in [-0.4, -0.2) is 42.9 Å². The predicted molar refractivity (Wildman–Crippen MR) is 130 cm³/mol. The Morgan fingerprint density at radius 3 is 2.36 bits per heavy atom. The number of carbonyl (C=O) groups is 1. The molecule has 1 fully saturated rings. The summed E-state index contributed by atoms with van der Waals surface area (Å²) in [5.41, 5.74) is 3.03. The minimum absolute atomic E-state index is 0.149. The number of nitrogens with one attached hydrogen (secondary N) is 1. The van der Waals surface area contributed by atoms with Crippen molar-refractivity contribution in [3.05, 3.63) is 66.2 Å². The van der Waals surface area contributed by atoms with Crippen LogP contribution in [-0.2, 0) is 21.1 Å². The molecular formula is C25H28N4O3S. The van der Waals surface area contributed by atoms with Crippen molar-refractivity contribution in [2.24, 2.45) is 0 Å². The second-order valence-electron chi connectivity index (χ2n) is 8.51. The van der Waals surface area contributed by atoms with Gasteiger partial charge in [0, 0.05) is 24.3 Å². The number of amides is 1. The van der Waals surface area contributed by atoms with Crippen molar-refractivity contribution in [2.75, 3.05) is 23.3 Å². The lowest BCUT2D eigenvalue weighted by molar-refractivity contribution is -0.115. The van der Waals surface area contributed by atoms with Gasteiger partial charge in [-0.1, -0.05) is 24.3 Å². The van der Waals surface area contributed by atoms with Gasteiger partial charge in [0.1, 0.15) is 0 Å². The molecule has 0 radical (unpaired) electrons. The third kappa shape index (κ3) is 5.39. The van der Waals surface area contributed by atoms with Gasteiger partial charge in [-0.3, -0.25) is 4.79 Å². The van der Waals surface area contributed by atoms with Gasteiger partial charge in [0.2, 0.25) is 5.91 Å². The van der Waals surface area contributed by atoms with Crippen LogP contribution in [0, 0.1) is 0 Å². The molecule has 8 heteroatoms. The van der Waals surface area contributed by atoms with Crippen molar-refractivity contribution in [3.63, 3.8) is 0 Å². The summed E-state index contributed by atoms with van der Waals surface area (Å²) >= 11 is 0. The van der Waals surface area contributed by atoms with Gasteiger partial charge < -0.3 is 10.2 Å². The first-order valence-electron chi connectivity index (χ1n) is 11.1. The van der Waals surface area contributed by atoms with E-state index in [9.17, 15) is 13.2 Å². The largest absolute Gasteiger partial charge is 0.355 e. The molecule has 1 amide bonds. The minimum atomic E-state index is -3.32. The number of hydrogen-bond donors (Lipinski definition) is 1. The van der Waals surface area contributed by atoms with E-state index in [1.54, 1.807) is 38.1 Å². The average Bonchev–Trinajstić information content (AvgIpc) is 3.35. The first-order valence-corrected chi connectivity index (χ1v) is 12.7. The van der Waals surface area contributed by atoms with E-state index in [-0.39, 0.29) is 17.2 Å². The predicted octanol–water partition coefficient (Wildman–Crippen LogP) is 4.11. The normalized spacial score (nSPS) is 14.0. The van der Waals surface area contributed by atoms with Gasteiger partial charge in [-0.15, -0.1) is 10.2 Å². The van der Waals surface area contributed by atoms with E-state index >= 15 is 0 Å². The number of benzene rings is 2. The standard InChI is InChI=1S/C25H28N4O3S/c1-18(2)33(31,32)22-10-8-19(9-11-22)16-25(30)26-21-7-5-6-20(17-21)23-12-13-24(28-27-23)29-14-3-4-15-29/h5-13,17-18H,3-4,14-16H2,1-2H3,(H,26,30). The zero-order chi connectivity index (χ0) is 23.4. The summed E-state index contributed by atoms with van der Waals surface area (Å²) in [5.74, 6) is 0.718. The Hall–Kier alpha value is -3.26. The maximum absolute atomic E-state index is 12.5. The number of rotatable bonds is 7. The summed E-state index contributed by atoms with van der Waals surface area (Å²) in [4.78, 5) is 15.1. The molecule has 0 unspecified atom stereocenters. The molecule has 3 aromatic rings. The summed E-state index contributed by atoms with van der Waals surface area (Å²) < 4.78 is 24.5. The van der Waals surface area contributed by atoms with Gasteiger partial charge in [-0.25, -0.2) is 8.42 Å². The number of carbonyl (C=O) groups excluding carboxylic acids is 1. The Balaban J connectivity index is 1.40. The number of anilines is 2. The fourth-order valence-corrected chi connectivity index (χ4v) is 4.87. The Kier molecular flexibility index (Phi) is 6.74. The van der Waals surface area contributed by atoms with E-state index in [1.165, 1.54) is 12.8 Å². The molecule has 0 spiro atoms. The van der Waals surface area contributed by atoms with E-state index in [0.29, 0.717) is 5.69 Å². The Morgan fingerprint density at radius 1 is 1.00 bits per heavy atom. The van der Waals surface area contributed by atoms with Crippen molar-refractivity contribution < 1.29 is 13.2 Å². The molecule has 1 saturated heterocycles. The number of nitrogens with zero attached hydrogens (tertiary/aromatic N) is 3. The molecule has 2 aromatic carbocycles. The highest BCUT2D eigenvalue weighted by Gasteiger charge is 2.19. The average molecular weight is 465 g/mol. The summed E-state index contributed by atoms with van der Waals surface area (Å²) in [6, 6.07) is 17.9. The van der Waals surface area contributed by atoms with Crippen molar-refractivity contribution >= 4 is 27.2 Å². The van der Waals surface area contributed by atoms with Crippen LogP contribution in [0.2, 0.25) is 0 Å². The van der Waals surface area contributed by atoms with Crippen molar-refractivity contribution in [1.29, 1.82) is 0 Å². The summed E-state index contributed by atoms with van der Waals surface area (Å²) in [5, 5.41) is 11.2. The number of sulfone groups is 1. The second kappa shape index (κ2) is 9.70. The molecule has 7 nitrogen and oxygen atoms in total. The van der Waals surface area contributed by atoms with Gasteiger partial charge in [-0.05, 0) is 68.7 Å². The molecule has 1 aliphatic rings. The van der Waals surface area contributed by atoms with Crippen LogP contribution < -0.4 is 10.2 Å². The fraction of sp³-hybridized carbons (Fsp3) is 0.320. The lowest BCUT2D eigenvalue weighted by Crippen LogP contribution is -2.19. The van der Waals surface area contributed by atoms with Crippen molar-refractivity contribution in [1.82, 2.24) is 10.2 Å². The molecule has 172 valence electrons. The molecule has 0 aliphatic carbocycles. The highest BCUT2D eigenvalue weighted by molar-refractivity contribution is 7.92. The van der Waals surface area contributed by atoms with Crippen LogP contribution in [0.4, 0.5) is 11.5 Å². The van der Waals surface area contributed by atoms with Crippen LogP contribution >= 0.6 is 0 Å². The Morgan fingerprint density at radius 2 is 1.73 bits per heavy atom. The summed E-state index contributed by atoms with van der Waals surface area (Å²) in [7, 11) is -3.32. The first-order chi connectivity index (χ1) is 15.8. The van der Waals surface area contributed by atoms with Crippen molar-refractivity contribution in [3.8, 4) is 11.3 Å². The monoisotopic (exact) mass is 464 g/mol. The molecule has 4 rings (SSSR count). The first kappa shape index (κ1) is 22.9. The van der Waals surface area contributed by atoms with Gasteiger partial charge in [-0.2, -0.15) is 0 Å². The molecule has 1 aliphatic heterocycles. The van der Waals surface area contributed by atoms with Crippen LogP contribution in [0.1, 0.15) is 32.3 Å². The topological polar surface area (TPSA) is 92.3 Å². The van der Waals surface area contributed by atoms with Gasteiger partial charge >= 0.3 is 0 Å². The summed E-state index contributed by atoms with van der Waals surface area (Å²) in [6.45, 7) is 5.34. The molecule has 0 bridgehead atoms. The molecule has 0 atom stereocenters. The molecule has 0 saturated carbocycles. The lowest BCUT2D eigenvalue weighted by Gasteiger charge is -2.15. The maximum atomic E-state index is 12.5. The zero-order valence-corrected chi connectivity index (χ0v) is 19.7. The highest BCUT2D eigenvalue weighted by atomic mass is 32.2. The van der Waals surface area contributed by atoms with E-state index in [2.05, 4.69) is 20.4 Å². The third-order valence-corrected chi connectivity index (χ3v) is 7.93. The maximum Gasteiger partial charge on any atom is 0.228 e. The van der Waals surface area contributed by atoms with Crippen LogP contribution in [0.3, 0.4) is 0 Å². The molecule has 2 heterocycles. The molecule has 1 aromatic heterocycles. The highest BCUT2D eigenvalue weighted by Crippen LogP contribution is 2.23. The van der Waals surface area contributed by atoms with Gasteiger partial charge in [0.05, 0.1) is 22.3 Å². The van der Waals surface area contributed by atoms with Crippen molar-refractivity contribution in [2.45, 2.75) is 43.3 Å². The van der Waals surface area contributed by atoms with E-state index in [4.69, 9.17) is 0 Å². The number of hydrogen-bond acceptors (Lipinski definition) is 6. The smallest absolute Gasteiger partial charge is 0.228 e. The van der Waals surface area contributed by atoms with Crippen LogP contribution in [0.5, 0.6) is 0 Å². The van der Waals surface area contributed by atoms with Crippen LogP contribution in [0.25, 0.3) is 11.3 Å². The minimum Gasteiger partial charge on any atom is -0.355 e. The Labute approximate surface area is 194 Å². The zero-order valence-electron chi connectivity index (χ0n) is 18.9. The van der Waals surface area contributed by atoms with Crippen LogP contribution in [0.15, 0.2) is 65.6 Å². The van der Waals surface area contributed by atoms with E-state index in [0.717, 1.165) is 35.7 Å². The second-order valence-corrected chi connectivity index (χ2v) is 11.0. The van der Waals surface area contributed by atoms with Gasteiger partial charge in [0.15, 0.2) is 15.7 Å². The van der Waals surface area contributed by atoms with Gasteiger partial charge in [0.25, 0.3) is 0 Å². The van der Waals surface area contributed by atoms with E-state index < -0.39 is 15.1 Å². The Bertz CT molecular complexity index is 1220. The third-order valence-electron chi connectivity index (χ3n) is 5.76. The number of aromatic nitrogens is 2. The summed E-state index contributed by atoms with van der Waals surface area (Å²) in [6.07, 6.45) is 2.52. The SMILES string of the molecule is CC(C)S(=O)(=O)c1ccc(CC(=O)Nc2cccc(-c3ccc(N4CCCC4)nn3)c2)cc1. The molecular weight excluding hydrogens is 436 g/mol. The fourth-order valence-electron chi connectivity index (χ4n) is 3.81. The molecule has 33 heavy (non-hydrogen) atoms. The van der Waals surface area contributed by atoms with E-state index in [1.807, 2.05) is 36.4 Å². The quantitative estimate of drug-likeness (QED) is 0.566.